The highest BCUT2D eigenvalue weighted by Crippen LogP contribution is 2.33. The topological polar surface area (TPSA) is 93.1 Å². The first kappa shape index (κ1) is 19.7. The van der Waals surface area contributed by atoms with Gasteiger partial charge in [0.1, 0.15) is 11.4 Å². The average Bonchev–Trinajstić information content (AvgIpc) is 3.24. The minimum atomic E-state index is -0.341. The molecular weight excluding hydrogens is 432 g/mol. The van der Waals surface area contributed by atoms with Crippen LogP contribution < -0.4 is 16.2 Å². The van der Waals surface area contributed by atoms with Gasteiger partial charge in [0.25, 0.3) is 11.5 Å². The number of carbonyl (C=O) groups is 2. The molecule has 7 nitrogen and oxygen atoms in total. The van der Waals surface area contributed by atoms with Crippen molar-refractivity contribution in [1.29, 1.82) is 0 Å². The number of fused-ring (bicyclic) bond motifs is 1. The molecule has 3 aromatic heterocycles. The molecule has 0 radical (unpaired) electrons. The second kappa shape index (κ2) is 8.09. The molecule has 156 valence electrons. The minimum absolute atomic E-state index is 0.108. The molecule has 1 aliphatic rings. The van der Waals surface area contributed by atoms with Crippen molar-refractivity contribution in [2.75, 3.05) is 5.32 Å². The first-order chi connectivity index (χ1) is 15.1. The van der Waals surface area contributed by atoms with Crippen LogP contribution in [0.2, 0.25) is 0 Å². The van der Waals surface area contributed by atoms with Gasteiger partial charge in [-0.05, 0) is 48.6 Å². The first-order valence-corrected chi connectivity index (χ1v) is 11.6. The number of carbonyl (C=O) groups excluding carboxylic acids is 2. The molecule has 1 saturated carbocycles. The summed E-state index contributed by atoms with van der Waals surface area (Å²) in [5.41, 5.74) is 1.72. The van der Waals surface area contributed by atoms with Crippen molar-refractivity contribution in [2.24, 2.45) is 0 Å². The molecule has 1 fully saturated rings. The van der Waals surface area contributed by atoms with Gasteiger partial charge in [-0.15, -0.1) is 22.7 Å². The lowest BCUT2D eigenvalue weighted by Crippen LogP contribution is -2.28. The maximum absolute atomic E-state index is 13.0. The Labute approximate surface area is 185 Å². The third-order valence-corrected chi connectivity index (χ3v) is 6.79. The van der Waals surface area contributed by atoms with E-state index in [4.69, 9.17) is 0 Å². The Morgan fingerprint density at radius 1 is 1.13 bits per heavy atom. The Hall–Kier alpha value is -3.30. The molecular formula is C22H18N4O3S2. The third kappa shape index (κ3) is 4.14. The Morgan fingerprint density at radius 3 is 2.65 bits per heavy atom. The number of nitrogens with one attached hydrogen (secondary N) is 2. The van der Waals surface area contributed by atoms with E-state index < -0.39 is 0 Å². The highest BCUT2D eigenvalue weighted by molar-refractivity contribution is 7.18. The Kier molecular flexibility index (Phi) is 5.13. The third-order valence-electron chi connectivity index (χ3n) is 5.00. The van der Waals surface area contributed by atoms with Gasteiger partial charge in [0.05, 0.1) is 11.7 Å². The van der Waals surface area contributed by atoms with E-state index in [1.807, 2.05) is 22.9 Å². The van der Waals surface area contributed by atoms with Gasteiger partial charge in [-0.25, -0.2) is 4.98 Å². The number of hydrogen-bond donors (Lipinski definition) is 2. The number of aromatic nitrogens is 2. The van der Waals surface area contributed by atoms with Crippen LogP contribution in [0.1, 0.15) is 23.2 Å². The number of amides is 2. The summed E-state index contributed by atoms with van der Waals surface area (Å²) in [5, 5.41) is 10.1. The van der Waals surface area contributed by atoms with E-state index in [9.17, 15) is 14.4 Å². The van der Waals surface area contributed by atoms with Crippen LogP contribution in [0.25, 0.3) is 20.7 Å². The molecule has 1 aliphatic carbocycles. The van der Waals surface area contributed by atoms with Crippen molar-refractivity contribution in [3.05, 3.63) is 69.4 Å². The molecule has 31 heavy (non-hydrogen) atoms. The second-order valence-corrected chi connectivity index (χ2v) is 9.16. The first-order valence-electron chi connectivity index (χ1n) is 9.80. The highest BCUT2D eigenvalue weighted by atomic mass is 32.1. The van der Waals surface area contributed by atoms with E-state index in [0.29, 0.717) is 27.5 Å². The Morgan fingerprint density at radius 2 is 1.94 bits per heavy atom. The molecule has 0 atom stereocenters. The number of nitrogens with zero attached hydrogens (tertiary/aromatic N) is 2. The highest BCUT2D eigenvalue weighted by Gasteiger charge is 2.23. The molecule has 0 saturated heterocycles. The van der Waals surface area contributed by atoms with Gasteiger partial charge >= 0.3 is 0 Å². The van der Waals surface area contributed by atoms with Crippen molar-refractivity contribution in [3.8, 4) is 10.4 Å². The summed E-state index contributed by atoms with van der Waals surface area (Å²) in [6.45, 7) is -0.147. The summed E-state index contributed by atoms with van der Waals surface area (Å²) < 4.78 is 1.32. The normalized spacial score (nSPS) is 13.3. The van der Waals surface area contributed by atoms with Crippen molar-refractivity contribution in [3.63, 3.8) is 0 Å². The van der Waals surface area contributed by atoms with E-state index in [0.717, 1.165) is 23.3 Å². The summed E-state index contributed by atoms with van der Waals surface area (Å²) in [5.74, 6) is -0.449. The summed E-state index contributed by atoms with van der Waals surface area (Å²) in [6.07, 6.45) is 3.46. The lowest BCUT2D eigenvalue weighted by atomic mass is 10.2. The molecule has 5 rings (SSSR count). The fourth-order valence-corrected chi connectivity index (χ4v) is 4.97. The number of benzene rings is 1. The van der Waals surface area contributed by atoms with Gasteiger partial charge in [0.15, 0.2) is 0 Å². The molecule has 0 spiro atoms. The predicted molar refractivity (Wildman–Crippen MR) is 123 cm³/mol. The van der Waals surface area contributed by atoms with Gasteiger partial charge < -0.3 is 10.6 Å². The zero-order chi connectivity index (χ0) is 21.4. The summed E-state index contributed by atoms with van der Waals surface area (Å²) >= 11 is 2.97. The maximum atomic E-state index is 13.0. The number of anilines is 1. The van der Waals surface area contributed by atoms with E-state index in [-0.39, 0.29) is 23.9 Å². The standard InChI is InChI=1S/C22H18N4O3S2/c27-18(24-14-5-3-13(4-6-14)20(28)25-15-7-8-15)10-26-12-23-21-19(22(26)29)16(11-31-21)17-2-1-9-30-17/h1-6,9,11-12,15H,7-8,10H2,(H,24,27)(H,25,28). The molecule has 0 unspecified atom stereocenters. The van der Waals surface area contributed by atoms with Crippen molar-refractivity contribution >= 4 is 50.4 Å². The number of rotatable bonds is 6. The van der Waals surface area contributed by atoms with Gasteiger partial charge in [0, 0.05) is 33.1 Å². The number of thiophene rings is 2. The van der Waals surface area contributed by atoms with E-state index in [1.54, 1.807) is 35.6 Å². The van der Waals surface area contributed by atoms with Crippen LogP contribution in [0.4, 0.5) is 5.69 Å². The molecule has 0 bridgehead atoms. The quantitative estimate of drug-likeness (QED) is 0.468. The fourth-order valence-electron chi connectivity index (χ4n) is 3.25. The smallest absolute Gasteiger partial charge is 0.263 e. The van der Waals surface area contributed by atoms with E-state index in [2.05, 4.69) is 15.6 Å². The van der Waals surface area contributed by atoms with Crippen LogP contribution in [0, 0.1) is 0 Å². The van der Waals surface area contributed by atoms with Crippen molar-refractivity contribution in [2.45, 2.75) is 25.4 Å². The summed E-state index contributed by atoms with van der Waals surface area (Å²) in [6, 6.07) is 10.9. The minimum Gasteiger partial charge on any atom is -0.349 e. The van der Waals surface area contributed by atoms with Crippen LogP contribution in [-0.2, 0) is 11.3 Å². The molecule has 0 aliphatic heterocycles. The monoisotopic (exact) mass is 450 g/mol. The summed E-state index contributed by atoms with van der Waals surface area (Å²) in [7, 11) is 0. The number of hydrogen-bond acceptors (Lipinski definition) is 6. The van der Waals surface area contributed by atoms with Crippen LogP contribution in [0.15, 0.2) is 58.3 Å². The predicted octanol–water partition coefficient (Wildman–Crippen LogP) is 3.72. The molecule has 3 heterocycles. The van der Waals surface area contributed by atoms with E-state index >= 15 is 0 Å². The molecule has 9 heteroatoms. The molecule has 2 amide bonds. The van der Waals surface area contributed by atoms with Crippen LogP contribution in [0.3, 0.4) is 0 Å². The molecule has 4 aromatic rings. The largest absolute Gasteiger partial charge is 0.349 e. The van der Waals surface area contributed by atoms with Gasteiger partial charge in [-0.1, -0.05) is 6.07 Å². The Bertz CT molecular complexity index is 1320. The van der Waals surface area contributed by atoms with Gasteiger partial charge in [-0.2, -0.15) is 0 Å². The lowest BCUT2D eigenvalue weighted by molar-refractivity contribution is -0.116. The Balaban J connectivity index is 1.31. The maximum Gasteiger partial charge on any atom is 0.263 e. The second-order valence-electron chi connectivity index (χ2n) is 7.36. The zero-order valence-corrected chi connectivity index (χ0v) is 18.0. The zero-order valence-electron chi connectivity index (χ0n) is 16.3. The lowest BCUT2D eigenvalue weighted by Gasteiger charge is -2.09. The fraction of sp³-hybridized carbons (Fsp3) is 0.182. The van der Waals surface area contributed by atoms with Gasteiger partial charge in [0.2, 0.25) is 5.91 Å². The SMILES string of the molecule is O=C(Cn1cnc2scc(-c3cccs3)c2c1=O)Nc1ccc(C(=O)NC2CC2)cc1. The van der Waals surface area contributed by atoms with Crippen LogP contribution in [-0.4, -0.2) is 27.4 Å². The van der Waals surface area contributed by atoms with Crippen molar-refractivity contribution < 1.29 is 9.59 Å². The van der Waals surface area contributed by atoms with Crippen LogP contribution >= 0.6 is 22.7 Å². The summed E-state index contributed by atoms with van der Waals surface area (Å²) in [4.78, 5) is 43.6. The van der Waals surface area contributed by atoms with Crippen molar-refractivity contribution in [1.82, 2.24) is 14.9 Å². The molecule has 1 aromatic carbocycles. The van der Waals surface area contributed by atoms with E-state index in [1.165, 1.54) is 22.2 Å². The van der Waals surface area contributed by atoms with Gasteiger partial charge in [-0.3, -0.25) is 19.0 Å². The average molecular weight is 451 g/mol. The molecule has 2 N–H and O–H groups in total. The van der Waals surface area contributed by atoms with Crippen LogP contribution in [0.5, 0.6) is 0 Å².